The van der Waals surface area contributed by atoms with E-state index in [1.165, 1.54) is 0 Å². The first-order valence-corrected chi connectivity index (χ1v) is 10.6. The molecule has 0 bridgehead atoms. The van der Waals surface area contributed by atoms with E-state index in [0.717, 1.165) is 39.3 Å². The fourth-order valence-electron chi connectivity index (χ4n) is 3.63. The summed E-state index contributed by atoms with van der Waals surface area (Å²) in [6.45, 7) is 9.46. The molecule has 3 aromatic rings. The maximum atomic E-state index is 10.9. The average Bonchev–Trinajstić information content (AvgIpc) is 2.73. The van der Waals surface area contributed by atoms with Crippen LogP contribution in [-0.4, -0.2) is 33.9 Å². The van der Waals surface area contributed by atoms with Crippen molar-refractivity contribution >= 4 is 5.97 Å². The zero-order chi connectivity index (χ0) is 23.4. The van der Waals surface area contributed by atoms with Gasteiger partial charge in [0.2, 0.25) is 0 Å². The molecule has 0 saturated heterocycles. The van der Waals surface area contributed by atoms with Crippen molar-refractivity contribution in [1.29, 1.82) is 0 Å². The summed E-state index contributed by atoms with van der Waals surface area (Å²) in [5.74, 6) is 0.404. The summed E-state index contributed by atoms with van der Waals surface area (Å²) >= 11 is 0. The number of pyridine rings is 1. The van der Waals surface area contributed by atoms with Crippen LogP contribution in [0.1, 0.15) is 41.8 Å². The van der Waals surface area contributed by atoms with Crippen LogP contribution in [0.4, 0.5) is 0 Å². The molecule has 1 heterocycles. The minimum atomic E-state index is -1.01. The summed E-state index contributed by atoms with van der Waals surface area (Å²) in [6.07, 6.45) is 0.627. The Morgan fingerprint density at radius 3 is 2.50 bits per heavy atom. The summed E-state index contributed by atoms with van der Waals surface area (Å²) in [7, 11) is 0. The molecule has 0 atom stereocenters. The molecule has 0 aliphatic rings. The highest BCUT2D eigenvalue weighted by Gasteiger charge is 2.15. The number of aromatic nitrogens is 1. The Kier molecular flexibility index (Phi) is 7.03. The van der Waals surface area contributed by atoms with E-state index >= 15 is 0 Å². The monoisotopic (exact) mass is 435 g/mol. The molecule has 2 N–H and O–H groups in total. The molecule has 32 heavy (non-hydrogen) atoms. The summed E-state index contributed by atoms with van der Waals surface area (Å²) in [5.41, 5.74) is 6.15. The van der Waals surface area contributed by atoms with Gasteiger partial charge in [0, 0.05) is 17.7 Å². The van der Waals surface area contributed by atoms with E-state index in [1.54, 1.807) is 6.07 Å². The molecular formula is C26H29NO5. The molecule has 0 spiro atoms. The fraction of sp³-hybridized carbons (Fsp3) is 0.308. The van der Waals surface area contributed by atoms with Gasteiger partial charge >= 0.3 is 5.97 Å². The van der Waals surface area contributed by atoms with Gasteiger partial charge in [0.25, 0.3) is 0 Å². The van der Waals surface area contributed by atoms with E-state index in [0.29, 0.717) is 17.9 Å². The average molecular weight is 436 g/mol. The molecule has 168 valence electrons. The van der Waals surface area contributed by atoms with Crippen LogP contribution in [0.15, 0.2) is 42.5 Å². The second-order valence-electron chi connectivity index (χ2n) is 8.14. The number of carbonyl (C=O) groups is 1. The first-order valence-electron chi connectivity index (χ1n) is 10.6. The Bertz CT molecular complexity index is 1140. The molecule has 0 aliphatic carbocycles. The van der Waals surface area contributed by atoms with Gasteiger partial charge in [-0.05, 0) is 87.2 Å². The van der Waals surface area contributed by atoms with Crippen LogP contribution < -0.4 is 9.47 Å². The van der Waals surface area contributed by atoms with Crippen molar-refractivity contribution in [3.63, 3.8) is 0 Å². The van der Waals surface area contributed by atoms with Crippen LogP contribution in [0.5, 0.6) is 17.2 Å². The number of hydrogen-bond donors (Lipinski definition) is 2. The van der Waals surface area contributed by atoms with E-state index < -0.39 is 5.97 Å². The highest BCUT2D eigenvalue weighted by molar-refractivity contribution is 5.69. The van der Waals surface area contributed by atoms with Crippen LogP contribution in [-0.2, 0) is 11.2 Å². The summed E-state index contributed by atoms with van der Waals surface area (Å²) < 4.78 is 11.2. The second-order valence-corrected chi connectivity index (χ2v) is 8.14. The minimum absolute atomic E-state index is 0.0507. The van der Waals surface area contributed by atoms with Crippen LogP contribution in [0.3, 0.4) is 0 Å². The van der Waals surface area contributed by atoms with Crippen molar-refractivity contribution in [2.24, 2.45) is 0 Å². The lowest BCUT2D eigenvalue weighted by atomic mass is 9.93. The van der Waals surface area contributed by atoms with E-state index in [4.69, 9.17) is 19.6 Å². The standard InChI is InChI=1S/C26H29NO5/c1-15(2)32-21-8-6-7-19(12-21)26-23(28)10-9-20(27-26)13-22-16(3)11-24(18(5)17(22)4)31-14-25(29)30/h6-12,15,28H,13-14H2,1-5H3,(H,29,30). The van der Waals surface area contributed by atoms with Gasteiger partial charge < -0.3 is 19.7 Å². The third kappa shape index (κ3) is 5.38. The van der Waals surface area contributed by atoms with Gasteiger partial charge in [-0.15, -0.1) is 0 Å². The lowest BCUT2D eigenvalue weighted by Gasteiger charge is -2.17. The predicted octanol–water partition coefficient (Wildman–Crippen LogP) is 5.22. The molecule has 0 radical (unpaired) electrons. The number of hydrogen-bond acceptors (Lipinski definition) is 5. The number of ether oxygens (including phenoxy) is 2. The third-order valence-electron chi connectivity index (χ3n) is 5.33. The molecule has 6 heteroatoms. The van der Waals surface area contributed by atoms with E-state index in [9.17, 15) is 9.90 Å². The van der Waals surface area contributed by atoms with Crippen molar-refractivity contribution in [1.82, 2.24) is 4.98 Å². The molecule has 6 nitrogen and oxygen atoms in total. The molecule has 0 fully saturated rings. The molecule has 0 unspecified atom stereocenters. The zero-order valence-corrected chi connectivity index (χ0v) is 19.1. The predicted molar refractivity (Wildman–Crippen MR) is 124 cm³/mol. The molecule has 0 saturated carbocycles. The first kappa shape index (κ1) is 23.1. The van der Waals surface area contributed by atoms with Gasteiger partial charge in [-0.2, -0.15) is 0 Å². The number of aryl methyl sites for hydroxylation is 1. The van der Waals surface area contributed by atoms with Gasteiger partial charge in [-0.1, -0.05) is 12.1 Å². The molecule has 0 amide bonds. The Morgan fingerprint density at radius 1 is 1.06 bits per heavy atom. The first-order chi connectivity index (χ1) is 15.2. The molecule has 3 rings (SSSR count). The van der Waals surface area contributed by atoms with Crippen LogP contribution in [0, 0.1) is 20.8 Å². The van der Waals surface area contributed by atoms with E-state index in [1.807, 2.05) is 71.0 Å². The van der Waals surface area contributed by atoms with Crippen LogP contribution in [0.2, 0.25) is 0 Å². The van der Waals surface area contributed by atoms with Crippen molar-refractivity contribution in [2.75, 3.05) is 6.61 Å². The Labute approximate surface area is 188 Å². The number of carboxylic acids is 1. The van der Waals surface area contributed by atoms with Crippen LogP contribution in [0.25, 0.3) is 11.3 Å². The second kappa shape index (κ2) is 9.73. The highest BCUT2D eigenvalue weighted by atomic mass is 16.5. The van der Waals surface area contributed by atoms with Gasteiger partial charge in [0.05, 0.1) is 6.10 Å². The van der Waals surface area contributed by atoms with Crippen LogP contribution >= 0.6 is 0 Å². The van der Waals surface area contributed by atoms with Gasteiger partial charge in [-0.25, -0.2) is 9.78 Å². The lowest BCUT2D eigenvalue weighted by molar-refractivity contribution is -0.139. The zero-order valence-electron chi connectivity index (χ0n) is 19.1. The number of carboxylic acid groups (broad SMARTS) is 1. The Morgan fingerprint density at radius 2 is 1.81 bits per heavy atom. The summed E-state index contributed by atoms with van der Waals surface area (Å²) in [5, 5.41) is 19.3. The Balaban J connectivity index is 1.93. The molecule has 2 aromatic carbocycles. The van der Waals surface area contributed by atoms with Gasteiger partial charge in [0.15, 0.2) is 6.61 Å². The van der Waals surface area contributed by atoms with Crippen molar-refractivity contribution in [3.8, 4) is 28.5 Å². The smallest absolute Gasteiger partial charge is 0.341 e. The van der Waals surface area contributed by atoms with Gasteiger partial charge in [0.1, 0.15) is 22.9 Å². The number of aliphatic carboxylic acids is 1. The number of nitrogens with zero attached hydrogens (tertiary/aromatic N) is 1. The van der Waals surface area contributed by atoms with Crippen molar-refractivity contribution in [2.45, 2.75) is 47.1 Å². The van der Waals surface area contributed by atoms with E-state index in [2.05, 4.69) is 0 Å². The van der Waals surface area contributed by atoms with Gasteiger partial charge in [-0.3, -0.25) is 0 Å². The summed E-state index contributed by atoms with van der Waals surface area (Å²) in [4.78, 5) is 15.6. The van der Waals surface area contributed by atoms with E-state index in [-0.39, 0.29) is 18.5 Å². The number of rotatable bonds is 8. The maximum absolute atomic E-state index is 10.9. The number of aromatic hydroxyl groups is 1. The lowest BCUT2D eigenvalue weighted by Crippen LogP contribution is -2.11. The maximum Gasteiger partial charge on any atom is 0.341 e. The minimum Gasteiger partial charge on any atom is -0.506 e. The number of benzene rings is 2. The Hall–Kier alpha value is -3.54. The van der Waals surface area contributed by atoms with Crippen molar-refractivity contribution < 1.29 is 24.5 Å². The van der Waals surface area contributed by atoms with Crippen molar-refractivity contribution in [3.05, 3.63) is 70.4 Å². The topological polar surface area (TPSA) is 88.9 Å². The normalized spacial score (nSPS) is 10.9. The third-order valence-corrected chi connectivity index (χ3v) is 5.33. The molecule has 0 aliphatic heterocycles. The quantitative estimate of drug-likeness (QED) is 0.504. The fourth-order valence-corrected chi connectivity index (χ4v) is 3.63. The molecule has 1 aromatic heterocycles. The SMILES string of the molecule is Cc1cc(OCC(=O)O)c(C)c(C)c1Cc1ccc(O)c(-c2cccc(OC(C)C)c2)n1. The largest absolute Gasteiger partial charge is 0.506 e. The molecular weight excluding hydrogens is 406 g/mol. The highest BCUT2D eigenvalue weighted by Crippen LogP contribution is 2.32. The summed E-state index contributed by atoms with van der Waals surface area (Å²) in [6, 6.07) is 12.9.